The summed E-state index contributed by atoms with van der Waals surface area (Å²) >= 11 is 1.46. The first-order valence-electron chi connectivity index (χ1n) is 10.2. The summed E-state index contributed by atoms with van der Waals surface area (Å²) in [4.78, 5) is 17.5. The van der Waals surface area contributed by atoms with Gasteiger partial charge in [0, 0.05) is 16.4 Å². The molecule has 3 rings (SSSR count). The number of amides is 1. The largest absolute Gasteiger partial charge is 0.497 e. The van der Waals surface area contributed by atoms with Crippen LogP contribution in [0.15, 0.2) is 53.9 Å². The highest BCUT2D eigenvalue weighted by atomic mass is 32.2. The number of methoxy groups -OCH3 is 1. The van der Waals surface area contributed by atoms with Crippen molar-refractivity contribution in [1.82, 2.24) is 10.3 Å². The number of anilines is 1. The number of hydrogen-bond acceptors (Lipinski definition) is 6. The minimum atomic E-state index is -4.34. The topological polar surface area (TPSA) is 118 Å². The molecule has 1 unspecified atom stereocenters. The van der Waals surface area contributed by atoms with Crippen molar-refractivity contribution in [3.05, 3.63) is 64.5 Å². The molecule has 0 aliphatic heterocycles. The summed E-state index contributed by atoms with van der Waals surface area (Å²) in [6.45, 7) is 5.54. The molecule has 3 aromatic rings. The first kappa shape index (κ1) is 24.7. The van der Waals surface area contributed by atoms with Crippen LogP contribution in [0.25, 0.3) is 11.3 Å². The van der Waals surface area contributed by atoms with Crippen molar-refractivity contribution in [1.29, 1.82) is 0 Å². The van der Waals surface area contributed by atoms with Gasteiger partial charge < -0.3 is 10.1 Å². The van der Waals surface area contributed by atoms with Gasteiger partial charge in [0.2, 0.25) is 5.91 Å². The third kappa shape index (κ3) is 7.01. The van der Waals surface area contributed by atoms with E-state index in [0.717, 1.165) is 27.6 Å². The maximum atomic E-state index is 12.8. The molecule has 1 heterocycles. The molecule has 0 spiro atoms. The maximum Gasteiger partial charge on any atom is 0.357 e. The number of aromatic nitrogens is 1. The molecule has 1 amide bonds. The molecule has 2 aromatic carbocycles. The Morgan fingerprint density at radius 3 is 2.48 bits per heavy atom. The summed E-state index contributed by atoms with van der Waals surface area (Å²) < 4.78 is 38.3. The number of nitrogens with zero attached hydrogens (tertiary/aromatic N) is 1. The molecule has 176 valence electrons. The van der Waals surface area contributed by atoms with Crippen molar-refractivity contribution < 1.29 is 22.5 Å². The van der Waals surface area contributed by atoms with Crippen molar-refractivity contribution in [3.8, 4) is 17.0 Å². The van der Waals surface area contributed by atoms with Crippen molar-refractivity contribution >= 4 is 33.2 Å². The monoisotopic (exact) mass is 489 g/mol. The number of nitrogens with one attached hydrogen (secondary N) is 2. The predicted octanol–water partition coefficient (Wildman–Crippen LogP) is 4.48. The van der Waals surface area contributed by atoms with E-state index in [1.54, 1.807) is 31.4 Å². The molecule has 8 nitrogen and oxygen atoms in total. The molecule has 0 saturated carbocycles. The molecule has 0 saturated heterocycles. The first-order valence-corrected chi connectivity index (χ1v) is 12.5. The van der Waals surface area contributed by atoms with Crippen LogP contribution in [0.2, 0.25) is 0 Å². The normalized spacial score (nSPS) is 12.8. The third-order valence-corrected chi connectivity index (χ3v) is 6.26. The number of ether oxygens (including phenoxy) is 1. The highest BCUT2D eigenvalue weighted by molar-refractivity contribution is 7.87. The second kappa shape index (κ2) is 9.90. The molecular weight excluding hydrogens is 462 g/mol. The van der Waals surface area contributed by atoms with E-state index in [4.69, 9.17) is 14.3 Å². The minimum absolute atomic E-state index is 0.102. The lowest BCUT2D eigenvalue weighted by Gasteiger charge is -2.23. The lowest BCUT2D eigenvalue weighted by atomic mass is 9.94. The third-order valence-electron chi connectivity index (χ3n) is 4.81. The van der Waals surface area contributed by atoms with Crippen LogP contribution in [0.5, 0.6) is 5.75 Å². The number of rotatable bonds is 8. The summed E-state index contributed by atoms with van der Waals surface area (Å²) in [6.07, 6.45) is 0.457. The Kier molecular flexibility index (Phi) is 7.41. The van der Waals surface area contributed by atoms with Gasteiger partial charge in [0.15, 0.2) is 0 Å². The number of benzene rings is 2. The van der Waals surface area contributed by atoms with Gasteiger partial charge in [0.25, 0.3) is 0 Å². The van der Waals surface area contributed by atoms with Crippen LogP contribution in [0.4, 0.5) is 5.69 Å². The second-order valence-electron chi connectivity index (χ2n) is 8.56. The highest BCUT2D eigenvalue weighted by Gasteiger charge is 2.26. The van der Waals surface area contributed by atoms with Crippen LogP contribution in [-0.4, -0.2) is 31.0 Å². The molecule has 0 aliphatic rings. The minimum Gasteiger partial charge on any atom is -0.497 e. The number of thiazole rings is 1. The van der Waals surface area contributed by atoms with E-state index in [1.807, 2.05) is 55.1 Å². The summed E-state index contributed by atoms with van der Waals surface area (Å²) in [7, 11) is -2.73. The SMILES string of the molecule is COc1cccc(-c2csc(C(Cc3ccc(NS(=O)(=O)O)cc3)NC(=O)C(C)(C)C)n2)c1. The molecule has 0 bridgehead atoms. The number of carbonyl (C=O) groups is 1. The van der Waals surface area contributed by atoms with Crippen molar-refractivity contribution in [2.45, 2.75) is 33.2 Å². The Balaban J connectivity index is 1.87. The van der Waals surface area contributed by atoms with E-state index in [-0.39, 0.29) is 17.6 Å². The lowest BCUT2D eigenvalue weighted by Crippen LogP contribution is -2.38. The molecule has 10 heteroatoms. The van der Waals surface area contributed by atoms with Gasteiger partial charge in [-0.25, -0.2) is 4.98 Å². The van der Waals surface area contributed by atoms with E-state index in [9.17, 15) is 13.2 Å². The zero-order valence-corrected chi connectivity index (χ0v) is 20.5. The fraction of sp³-hybridized carbons (Fsp3) is 0.304. The molecule has 0 fully saturated rings. The Hall–Kier alpha value is -2.95. The Morgan fingerprint density at radius 2 is 1.88 bits per heavy atom. The molecule has 1 aromatic heterocycles. The van der Waals surface area contributed by atoms with Crippen LogP contribution < -0.4 is 14.8 Å². The summed E-state index contributed by atoms with van der Waals surface area (Å²) in [6, 6.07) is 13.8. The summed E-state index contributed by atoms with van der Waals surface area (Å²) in [5, 5.41) is 5.79. The van der Waals surface area contributed by atoms with E-state index in [0.29, 0.717) is 6.42 Å². The molecule has 3 N–H and O–H groups in total. The van der Waals surface area contributed by atoms with Gasteiger partial charge in [-0.15, -0.1) is 11.3 Å². The van der Waals surface area contributed by atoms with Crippen molar-refractivity contribution in [2.75, 3.05) is 11.8 Å². The van der Waals surface area contributed by atoms with Crippen LogP contribution in [0.1, 0.15) is 37.4 Å². The maximum absolute atomic E-state index is 12.8. The van der Waals surface area contributed by atoms with E-state index < -0.39 is 15.7 Å². The Morgan fingerprint density at radius 1 is 1.18 bits per heavy atom. The average molecular weight is 490 g/mol. The van der Waals surface area contributed by atoms with Gasteiger partial charge in [-0.2, -0.15) is 8.42 Å². The van der Waals surface area contributed by atoms with Gasteiger partial charge in [0.1, 0.15) is 10.8 Å². The van der Waals surface area contributed by atoms with E-state index >= 15 is 0 Å². The van der Waals surface area contributed by atoms with Gasteiger partial charge in [-0.05, 0) is 36.2 Å². The average Bonchev–Trinajstić information content (AvgIpc) is 3.23. The standard InChI is InChI=1S/C23H27N3O5S2/c1-23(2,3)22(27)25-19(12-15-8-10-17(11-9-15)26-33(28,29)30)21-24-20(14-32-21)16-6-5-7-18(13-16)31-4/h5-11,13-14,19,26H,12H2,1-4H3,(H,25,27)(H,28,29,30). The zero-order valence-electron chi connectivity index (χ0n) is 18.8. The molecule has 33 heavy (non-hydrogen) atoms. The van der Waals surface area contributed by atoms with Crippen LogP contribution in [0.3, 0.4) is 0 Å². The van der Waals surface area contributed by atoms with Crippen LogP contribution >= 0.6 is 11.3 Å². The van der Waals surface area contributed by atoms with Crippen molar-refractivity contribution in [2.24, 2.45) is 5.41 Å². The lowest BCUT2D eigenvalue weighted by molar-refractivity contribution is -0.129. The van der Waals surface area contributed by atoms with Gasteiger partial charge >= 0.3 is 10.3 Å². The number of hydrogen-bond donors (Lipinski definition) is 3. The fourth-order valence-corrected chi connectivity index (χ4v) is 4.34. The molecule has 1 atom stereocenters. The molecule has 0 radical (unpaired) electrons. The predicted molar refractivity (Wildman–Crippen MR) is 130 cm³/mol. The fourth-order valence-electron chi connectivity index (χ4n) is 3.03. The summed E-state index contributed by atoms with van der Waals surface area (Å²) in [5.41, 5.74) is 2.24. The highest BCUT2D eigenvalue weighted by Crippen LogP contribution is 2.30. The van der Waals surface area contributed by atoms with E-state index in [1.165, 1.54) is 11.3 Å². The van der Waals surface area contributed by atoms with Gasteiger partial charge in [0.05, 0.1) is 24.5 Å². The van der Waals surface area contributed by atoms with Crippen LogP contribution in [-0.2, 0) is 21.5 Å². The molecular formula is C23H27N3O5S2. The van der Waals surface area contributed by atoms with Crippen LogP contribution in [0, 0.1) is 5.41 Å². The Labute approximate surface area is 197 Å². The van der Waals surface area contributed by atoms with Gasteiger partial charge in [-0.1, -0.05) is 45.0 Å². The van der Waals surface area contributed by atoms with Gasteiger partial charge in [-0.3, -0.25) is 14.1 Å². The number of carbonyl (C=O) groups excluding carboxylic acids is 1. The zero-order chi connectivity index (χ0) is 24.2. The second-order valence-corrected chi connectivity index (χ2v) is 10.6. The first-order chi connectivity index (χ1) is 15.4. The smallest absolute Gasteiger partial charge is 0.357 e. The summed E-state index contributed by atoms with van der Waals surface area (Å²) in [5.74, 6) is 0.633. The molecule has 0 aliphatic carbocycles. The van der Waals surface area contributed by atoms with E-state index in [2.05, 4.69) is 5.32 Å². The van der Waals surface area contributed by atoms with Crippen molar-refractivity contribution in [3.63, 3.8) is 0 Å². The quantitative estimate of drug-likeness (QED) is 0.402. The Bertz CT molecular complexity index is 1220.